The third-order valence-electron chi connectivity index (χ3n) is 5.72. The summed E-state index contributed by atoms with van der Waals surface area (Å²) in [5.41, 5.74) is 6.17. The van der Waals surface area contributed by atoms with E-state index < -0.39 is 5.91 Å². The summed E-state index contributed by atoms with van der Waals surface area (Å²) in [4.78, 5) is 26.1. The summed E-state index contributed by atoms with van der Waals surface area (Å²) < 4.78 is 20.2. The van der Waals surface area contributed by atoms with Crippen LogP contribution >= 0.6 is 0 Å². The van der Waals surface area contributed by atoms with Gasteiger partial charge in [0.25, 0.3) is 5.91 Å². The molecule has 0 spiro atoms. The number of nitriles is 1. The van der Waals surface area contributed by atoms with Crippen molar-refractivity contribution in [2.45, 2.75) is 46.1 Å². The average molecular weight is 471 g/mol. The van der Waals surface area contributed by atoms with Crippen molar-refractivity contribution in [3.63, 3.8) is 0 Å². The second kappa shape index (κ2) is 10.5. The zero-order chi connectivity index (χ0) is 24.9. The van der Waals surface area contributed by atoms with E-state index in [1.165, 1.54) is 24.3 Å². The number of amides is 2. The third-order valence-corrected chi connectivity index (χ3v) is 5.72. The zero-order valence-electron chi connectivity index (χ0n) is 19.8. The highest BCUT2D eigenvalue weighted by molar-refractivity contribution is 5.98. The number of rotatable bonds is 7. The number of nitrogens with two attached hydrogens (primary N) is 1. The van der Waals surface area contributed by atoms with Crippen LogP contribution in [0.5, 0.6) is 0 Å². The number of carbonyl (C=O) groups excluding carboxylic acids is 2. The Hall–Kier alpha value is -3.61. The molecule has 3 N–H and O–H groups in total. The van der Waals surface area contributed by atoms with Gasteiger partial charge >= 0.3 is 6.09 Å². The normalized spacial score (nSPS) is 15.4. The van der Waals surface area contributed by atoms with E-state index in [1.807, 2.05) is 20.8 Å². The van der Waals surface area contributed by atoms with Crippen molar-refractivity contribution < 1.29 is 18.7 Å². The van der Waals surface area contributed by atoms with Crippen LogP contribution in [0.2, 0.25) is 0 Å². The second-order valence-corrected chi connectivity index (χ2v) is 9.74. The molecule has 1 aromatic carbocycles. The van der Waals surface area contributed by atoms with Gasteiger partial charge < -0.3 is 20.7 Å². The van der Waals surface area contributed by atoms with Gasteiger partial charge in [-0.15, -0.1) is 0 Å². The fraction of sp³-hybridized carbons (Fsp3) is 0.500. The Balaban J connectivity index is 1.72. The molecule has 1 aliphatic rings. The molecule has 2 aromatic rings. The highest BCUT2D eigenvalue weighted by Gasteiger charge is 2.32. The van der Waals surface area contributed by atoms with Gasteiger partial charge in [-0.1, -0.05) is 20.8 Å². The summed E-state index contributed by atoms with van der Waals surface area (Å²) in [5.74, 6) is -0.729. The maximum atomic E-state index is 13.2. The molecule has 182 valence electrons. The van der Waals surface area contributed by atoms with Gasteiger partial charge in [0.1, 0.15) is 11.4 Å². The molecule has 0 radical (unpaired) electrons. The summed E-state index contributed by atoms with van der Waals surface area (Å²) in [7, 11) is 0. The summed E-state index contributed by atoms with van der Waals surface area (Å²) in [5, 5.41) is 16.9. The quantitative estimate of drug-likeness (QED) is 0.624. The monoisotopic (exact) mass is 470 g/mol. The average Bonchev–Trinajstić information content (AvgIpc) is 3.21. The highest BCUT2D eigenvalue weighted by Crippen LogP contribution is 2.33. The van der Waals surface area contributed by atoms with Crippen molar-refractivity contribution >= 4 is 23.5 Å². The molecule has 34 heavy (non-hydrogen) atoms. The van der Waals surface area contributed by atoms with E-state index in [0.717, 1.165) is 0 Å². The molecular formula is C24H31FN6O3. The molecule has 3 rings (SSSR count). The van der Waals surface area contributed by atoms with Crippen LogP contribution in [-0.4, -0.2) is 46.4 Å². The van der Waals surface area contributed by atoms with Gasteiger partial charge in [0.05, 0.1) is 25.1 Å². The Bertz CT molecular complexity index is 1050. The van der Waals surface area contributed by atoms with Gasteiger partial charge in [0.2, 0.25) is 0 Å². The predicted octanol–water partition coefficient (Wildman–Crippen LogP) is 4.21. The molecule has 1 aliphatic heterocycles. The standard InChI is InChI=1S/C24H31FN6O3/c1-24(2,3)15-34-23(33)30-12-9-16(10-13-30)20(8-11-26)31-14-19(21(27)32)22(29-31)28-18-6-4-17(25)5-7-18/h4-7,14,16,20H,8-10,12-13,15H2,1-3H3,(H2,27,32)(H,28,29). The van der Waals surface area contributed by atoms with Crippen molar-refractivity contribution in [2.24, 2.45) is 17.1 Å². The number of nitrogens with zero attached hydrogens (tertiary/aromatic N) is 4. The van der Waals surface area contributed by atoms with E-state index in [2.05, 4.69) is 16.5 Å². The van der Waals surface area contributed by atoms with Gasteiger partial charge in [-0.3, -0.25) is 9.48 Å². The van der Waals surface area contributed by atoms with Crippen molar-refractivity contribution in [1.29, 1.82) is 5.26 Å². The lowest BCUT2D eigenvalue weighted by molar-refractivity contribution is 0.0575. The number of likely N-dealkylation sites (tertiary alicyclic amines) is 1. The molecule has 2 amide bonds. The van der Waals surface area contributed by atoms with E-state index in [-0.39, 0.29) is 47.1 Å². The third kappa shape index (κ3) is 6.47. The maximum absolute atomic E-state index is 13.2. The number of carbonyl (C=O) groups is 2. The number of piperidine rings is 1. The van der Waals surface area contributed by atoms with E-state index in [0.29, 0.717) is 38.2 Å². The molecule has 10 heteroatoms. The number of hydrogen-bond donors (Lipinski definition) is 2. The largest absolute Gasteiger partial charge is 0.449 e. The molecule has 0 saturated carbocycles. The summed E-state index contributed by atoms with van der Waals surface area (Å²) in [6.07, 6.45) is 2.74. The molecule has 2 heterocycles. The van der Waals surface area contributed by atoms with E-state index in [4.69, 9.17) is 10.5 Å². The summed E-state index contributed by atoms with van der Waals surface area (Å²) in [6, 6.07) is 7.56. The molecule has 9 nitrogen and oxygen atoms in total. The minimum Gasteiger partial charge on any atom is -0.449 e. The lowest BCUT2D eigenvalue weighted by atomic mass is 9.88. The first kappa shape index (κ1) is 25.0. The Kier molecular flexibility index (Phi) is 7.76. The first-order chi connectivity index (χ1) is 16.1. The zero-order valence-corrected chi connectivity index (χ0v) is 19.8. The minimum absolute atomic E-state index is 0.0746. The number of halogens is 1. The van der Waals surface area contributed by atoms with E-state index in [9.17, 15) is 19.2 Å². The first-order valence-electron chi connectivity index (χ1n) is 11.3. The van der Waals surface area contributed by atoms with E-state index >= 15 is 0 Å². The molecule has 1 aromatic heterocycles. The molecule has 1 atom stereocenters. The van der Waals surface area contributed by atoms with Crippen LogP contribution < -0.4 is 11.1 Å². The van der Waals surface area contributed by atoms with Crippen LogP contribution in [0.1, 0.15) is 56.4 Å². The van der Waals surface area contributed by atoms with E-state index in [1.54, 1.807) is 15.8 Å². The number of anilines is 2. The van der Waals surface area contributed by atoms with Crippen LogP contribution in [-0.2, 0) is 4.74 Å². The summed E-state index contributed by atoms with van der Waals surface area (Å²) in [6.45, 7) is 7.38. The second-order valence-electron chi connectivity index (χ2n) is 9.74. The topological polar surface area (TPSA) is 126 Å². The number of benzene rings is 1. The Morgan fingerprint density at radius 1 is 1.29 bits per heavy atom. The van der Waals surface area contributed by atoms with Gasteiger partial charge in [-0.05, 0) is 48.4 Å². The Labute approximate surface area is 198 Å². The van der Waals surface area contributed by atoms with Crippen LogP contribution in [0.15, 0.2) is 30.5 Å². The lowest BCUT2D eigenvalue weighted by Gasteiger charge is -2.35. The molecule has 0 aliphatic carbocycles. The smallest absolute Gasteiger partial charge is 0.409 e. The molecule has 1 saturated heterocycles. The van der Waals surface area contributed by atoms with Crippen LogP contribution in [0.25, 0.3) is 0 Å². The van der Waals surface area contributed by atoms with Gasteiger partial charge in [0.15, 0.2) is 5.82 Å². The molecule has 0 bridgehead atoms. The number of ether oxygens (including phenoxy) is 1. The molecule has 1 fully saturated rings. The SMILES string of the molecule is CC(C)(C)COC(=O)N1CCC(C(CC#N)n2cc(C(N)=O)c(Nc3ccc(F)cc3)n2)CC1. The minimum atomic E-state index is -0.664. The highest BCUT2D eigenvalue weighted by atomic mass is 19.1. The van der Waals surface area contributed by atoms with Crippen LogP contribution in [0, 0.1) is 28.5 Å². The fourth-order valence-corrected chi connectivity index (χ4v) is 3.91. The summed E-state index contributed by atoms with van der Waals surface area (Å²) >= 11 is 0. The molecule has 1 unspecified atom stereocenters. The maximum Gasteiger partial charge on any atom is 0.409 e. The van der Waals surface area contributed by atoms with Gasteiger partial charge in [-0.25, -0.2) is 9.18 Å². The van der Waals surface area contributed by atoms with Gasteiger partial charge in [0, 0.05) is 25.0 Å². The van der Waals surface area contributed by atoms with Crippen molar-refractivity contribution in [3.05, 3.63) is 41.8 Å². The van der Waals surface area contributed by atoms with Crippen molar-refractivity contribution in [2.75, 3.05) is 25.0 Å². The lowest BCUT2D eigenvalue weighted by Crippen LogP contribution is -2.41. The Morgan fingerprint density at radius 3 is 2.50 bits per heavy atom. The number of nitrogens with one attached hydrogen (secondary N) is 1. The number of aromatic nitrogens is 2. The Morgan fingerprint density at radius 2 is 1.94 bits per heavy atom. The fourth-order valence-electron chi connectivity index (χ4n) is 3.91. The van der Waals surface area contributed by atoms with Gasteiger partial charge in [-0.2, -0.15) is 10.4 Å². The number of hydrogen-bond acceptors (Lipinski definition) is 6. The predicted molar refractivity (Wildman–Crippen MR) is 125 cm³/mol. The molecular weight excluding hydrogens is 439 g/mol. The van der Waals surface area contributed by atoms with Crippen LogP contribution in [0.3, 0.4) is 0 Å². The number of primary amides is 1. The van der Waals surface area contributed by atoms with Crippen LogP contribution in [0.4, 0.5) is 20.7 Å². The van der Waals surface area contributed by atoms with Crippen molar-refractivity contribution in [1.82, 2.24) is 14.7 Å². The van der Waals surface area contributed by atoms with Crippen molar-refractivity contribution in [3.8, 4) is 6.07 Å². The first-order valence-corrected chi connectivity index (χ1v) is 11.3.